The van der Waals surface area contributed by atoms with E-state index in [-0.39, 0.29) is 70.8 Å². The summed E-state index contributed by atoms with van der Waals surface area (Å²) in [4.78, 5) is 16.4. The Labute approximate surface area is 248 Å². The number of likely N-dealkylation sites (N-methyl/N-ethyl adjacent to an activating group) is 1. The van der Waals surface area contributed by atoms with Gasteiger partial charge in [0, 0.05) is 30.6 Å². The molecule has 6 rings (SSSR count). The SMILES string of the molecule is Cc1cc(N)nc(-c2c(Cl)cc3c(N4CC5CCC(C(F)F)(C4)N5)nc(OCC4CCCN4C)nc3c2F)c1C(F)(F)F. The molecule has 0 spiro atoms. The van der Waals surface area contributed by atoms with Gasteiger partial charge in [0.05, 0.1) is 27.4 Å². The van der Waals surface area contributed by atoms with Crippen molar-refractivity contribution < 1.29 is 31.1 Å². The van der Waals surface area contributed by atoms with Crippen molar-refractivity contribution in [3.8, 4) is 17.3 Å². The van der Waals surface area contributed by atoms with Crippen molar-refractivity contribution in [2.24, 2.45) is 0 Å². The Balaban J connectivity index is 1.53. The van der Waals surface area contributed by atoms with E-state index in [2.05, 4.69) is 25.2 Å². The summed E-state index contributed by atoms with van der Waals surface area (Å²) >= 11 is 6.50. The van der Waals surface area contributed by atoms with Crippen LogP contribution in [0.3, 0.4) is 0 Å². The van der Waals surface area contributed by atoms with Crippen LogP contribution in [-0.4, -0.2) is 77.2 Å². The molecular weight excluding hydrogens is 600 g/mol. The van der Waals surface area contributed by atoms with Gasteiger partial charge >= 0.3 is 12.2 Å². The number of hydrogen-bond acceptors (Lipinski definition) is 8. The van der Waals surface area contributed by atoms with Gasteiger partial charge < -0.3 is 25.6 Å². The van der Waals surface area contributed by atoms with Gasteiger partial charge in [0.1, 0.15) is 23.8 Å². The molecule has 3 aliphatic heterocycles. The second kappa shape index (κ2) is 10.8. The molecule has 8 nitrogen and oxygen atoms in total. The molecule has 0 radical (unpaired) electrons. The molecule has 43 heavy (non-hydrogen) atoms. The highest BCUT2D eigenvalue weighted by Gasteiger charge is 2.51. The Kier molecular flexibility index (Phi) is 7.53. The Bertz CT molecular complexity index is 1570. The first-order valence-electron chi connectivity index (χ1n) is 14.0. The number of alkyl halides is 5. The normalized spacial score (nSPS) is 24.5. The lowest BCUT2D eigenvalue weighted by molar-refractivity contribution is -0.137. The number of fused-ring (bicyclic) bond motifs is 3. The summed E-state index contributed by atoms with van der Waals surface area (Å²) in [6.07, 6.45) is -4.98. The number of nitrogens with one attached hydrogen (secondary N) is 1. The largest absolute Gasteiger partial charge is 0.462 e. The van der Waals surface area contributed by atoms with E-state index in [0.29, 0.717) is 13.0 Å². The van der Waals surface area contributed by atoms with E-state index in [4.69, 9.17) is 22.1 Å². The minimum Gasteiger partial charge on any atom is -0.462 e. The van der Waals surface area contributed by atoms with Crippen LogP contribution in [0.4, 0.5) is 38.0 Å². The molecule has 1 aromatic carbocycles. The van der Waals surface area contributed by atoms with E-state index in [0.717, 1.165) is 25.5 Å². The Morgan fingerprint density at radius 1 is 1.21 bits per heavy atom. The van der Waals surface area contributed by atoms with Gasteiger partial charge in [-0.3, -0.25) is 0 Å². The van der Waals surface area contributed by atoms with E-state index in [1.807, 2.05) is 7.05 Å². The number of piperazine rings is 1. The van der Waals surface area contributed by atoms with Crippen LogP contribution < -0.4 is 20.7 Å². The summed E-state index contributed by atoms with van der Waals surface area (Å²) in [6, 6.07) is 1.86. The van der Waals surface area contributed by atoms with Crippen LogP contribution in [-0.2, 0) is 6.18 Å². The monoisotopic (exact) mass is 629 g/mol. The van der Waals surface area contributed by atoms with Crippen LogP contribution in [0.15, 0.2) is 12.1 Å². The average Bonchev–Trinajstić information content (AvgIpc) is 3.47. The number of hydrogen-bond donors (Lipinski definition) is 2. The average molecular weight is 630 g/mol. The molecule has 3 fully saturated rings. The first-order chi connectivity index (χ1) is 20.3. The maximum absolute atomic E-state index is 16.5. The summed E-state index contributed by atoms with van der Waals surface area (Å²) < 4.78 is 93.4. The molecule has 5 heterocycles. The predicted molar refractivity (Wildman–Crippen MR) is 150 cm³/mol. The van der Waals surface area contributed by atoms with Crippen LogP contribution in [0, 0.1) is 12.7 Å². The fraction of sp³-hybridized carbons (Fsp3) is 0.536. The molecular formula is C28H30ClF6N7O. The number of nitrogen functional groups attached to an aromatic ring is 1. The van der Waals surface area contributed by atoms with E-state index < -0.39 is 40.8 Å². The Morgan fingerprint density at radius 2 is 1.98 bits per heavy atom. The highest BCUT2D eigenvalue weighted by atomic mass is 35.5. The van der Waals surface area contributed by atoms with Gasteiger partial charge in [-0.1, -0.05) is 11.6 Å². The fourth-order valence-corrected chi connectivity index (χ4v) is 6.88. The van der Waals surface area contributed by atoms with Crippen molar-refractivity contribution in [1.29, 1.82) is 0 Å². The van der Waals surface area contributed by atoms with E-state index in [1.165, 1.54) is 13.0 Å². The summed E-state index contributed by atoms with van der Waals surface area (Å²) in [5.74, 6) is -1.32. The number of ether oxygens (including phenoxy) is 1. The molecule has 3 saturated heterocycles. The maximum atomic E-state index is 16.5. The van der Waals surface area contributed by atoms with Crippen LogP contribution >= 0.6 is 11.6 Å². The van der Waals surface area contributed by atoms with Gasteiger partial charge in [-0.25, -0.2) is 18.2 Å². The van der Waals surface area contributed by atoms with Gasteiger partial charge in [-0.15, -0.1) is 0 Å². The lowest BCUT2D eigenvalue weighted by Crippen LogP contribution is -2.63. The summed E-state index contributed by atoms with van der Waals surface area (Å²) in [6.45, 7) is 2.41. The van der Waals surface area contributed by atoms with Crippen LogP contribution in [0.25, 0.3) is 22.2 Å². The molecule has 2 bridgehead atoms. The zero-order valence-electron chi connectivity index (χ0n) is 23.4. The van der Waals surface area contributed by atoms with Gasteiger partial charge in [0.2, 0.25) is 0 Å². The highest BCUT2D eigenvalue weighted by Crippen LogP contribution is 2.45. The van der Waals surface area contributed by atoms with Gasteiger partial charge in [0.25, 0.3) is 6.43 Å². The zero-order chi connectivity index (χ0) is 30.8. The van der Waals surface area contributed by atoms with Gasteiger partial charge in [0.15, 0.2) is 5.82 Å². The molecule has 3 N–H and O–H groups in total. The molecule has 2 aromatic heterocycles. The number of nitrogens with two attached hydrogens (primary N) is 1. The molecule has 0 amide bonds. The van der Waals surface area contributed by atoms with Crippen LogP contribution in [0.1, 0.15) is 36.8 Å². The third kappa shape index (κ3) is 5.31. The summed E-state index contributed by atoms with van der Waals surface area (Å²) in [7, 11) is 1.95. The highest BCUT2D eigenvalue weighted by molar-refractivity contribution is 6.34. The van der Waals surface area contributed by atoms with E-state index in [1.54, 1.807) is 4.90 Å². The minimum atomic E-state index is -4.90. The Hall–Kier alpha value is -3.10. The second-order valence-corrected chi connectivity index (χ2v) is 12.1. The number of benzene rings is 1. The van der Waals surface area contributed by atoms with Crippen molar-refractivity contribution in [3.63, 3.8) is 0 Å². The third-order valence-electron chi connectivity index (χ3n) is 8.74. The smallest absolute Gasteiger partial charge is 0.418 e. The molecule has 3 aromatic rings. The molecule has 3 aliphatic rings. The lowest BCUT2D eigenvalue weighted by atomic mass is 9.97. The molecule has 0 saturated carbocycles. The lowest BCUT2D eigenvalue weighted by Gasteiger charge is -2.41. The quantitative estimate of drug-likeness (QED) is 0.348. The van der Waals surface area contributed by atoms with E-state index in [9.17, 15) is 22.0 Å². The predicted octanol–water partition coefficient (Wildman–Crippen LogP) is 5.44. The maximum Gasteiger partial charge on any atom is 0.418 e. The number of pyridine rings is 1. The topological polar surface area (TPSA) is 92.4 Å². The number of aryl methyl sites for hydroxylation is 1. The van der Waals surface area contributed by atoms with Crippen molar-refractivity contribution >= 4 is 34.1 Å². The Morgan fingerprint density at radius 3 is 2.65 bits per heavy atom. The molecule has 15 heteroatoms. The third-order valence-corrected chi connectivity index (χ3v) is 9.03. The zero-order valence-corrected chi connectivity index (χ0v) is 24.2. The fourth-order valence-electron chi connectivity index (χ4n) is 6.60. The number of nitrogens with zero attached hydrogens (tertiary/aromatic N) is 5. The number of anilines is 2. The standard InChI is InChI=1S/C28H30ClF6N7O/c1-13-8-18(36)37-23(20(13)28(33,34)35)19-17(29)9-16-22(21(19)30)38-26(43-11-15-4-3-7-41(15)2)39-24(16)42-10-14-5-6-27(12-42,40-14)25(31)32/h8-9,14-15,25,40H,3-7,10-12H2,1-2H3,(H2,36,37). The number of likely N-dealkylation sites (tertiary alicyclic amines) is 1. The van der Waals surface area contributed by atoms with Gasteiger partial charge in [-0.05, 0) is 63.9 Å². The first kappa shape index (κ1) is 29.9. The number of rotatable bonds is 6. The molecule has 0 aliphatic carbocycles. The molecule has 232 valence electrons. The second-order valence-electron chi connectivity index (χ2n) is 11.7. The van der Waals surface area contributed by atoms with Crippen molar-refractivity contribution in [1.82, 2.24) is 25.2 Å². The first-order valence-corrected chi connectivity index (χ1v) is 14.3. The molecule has 3 atom stereocenters. The van der Waals surface area contributed by atoms with Gasteiger partial charge in [-0.2, -0.15) is 23.1 Å². The number of aromatic nitrogens is 3. The molecule has 3 unspecified atom stereocenters. The van der Waals surface area contributed by atoms with Crippen molar-refractivity contribution in [2.75, 3.05) is 43.9 Å². The summed E-state index contributed by atoms with van der Waals surface area (Å²) in [5, 5.41) is 2.68. The minimum absolute atomic E-state index is 0.0523. The van der Waals surface area contributed by atoms with Crippen LogP contribution in [0.2, 0.25) is 5.02 Å². The van der Waals surface area contributed by atoms with Crippen molar-refractivity contribution in [2.45, 2.75) is 62.8 Å². The summed E-state index contributed by atoms with van der Waals surface area (Å²) in [5.41, 5.74) is 1.07. The van der Waals surface area contributed by atoms with E-state index >= 15 is 4.39 Å². The van der Waals surface area contributed by atoms with Crippen LogP contribution in [0.5, 0.6) is 6.01 Å². The van der Waals surface area contributed by atoms with Crippen molar-refractivity contribution in [3.05, 3.63) is 34.1 Å². The number of halogens is 7.